The monoisotopic (exact) mass is 436 g/mol. The lowest BCUT2D eigenvalue weighted by Gasteiger charge is -2.37. The minimum atomic E-state index is -1.91. The second-order valence-electron chi connectivity index (χ2n) is 8.09. The number of ether oxygens (including phenoxy) is 2. The van der Waals surface area contributed by atoms with Gasteiger partial charge < -0.3 is 39.5 Å². The molecule has 10 nitrogen and oxygen atoms in total. The van der Waals surface area contributed by atoms with Crippen molar-refractivity contribution in [3.05, 3.63) is 0 Å². The van der Waals surface area contributed by atoms with Crippen LogP contribution in [0.4, 0.5) is 0 Å². The Morgan fingerprint density at radius 3 is 1.66 bits per heavy atom. The lowest BCUT2D eigenvalue weighted by atomic mass is 9.87. The third-order valence-electron chi connectivity index (χ3n) is 4.46. The minimum absolute atomic E-state index is 0.0818. The molecule has 0 aliphatic rings. The van der Waals surface area contributed by atoms with Gasteiger partial charge in [0.15, 0.2) is 8.32 Å². The molecular formula is C16H38B2N2O8Si. The molecule has 5 N–H and O–H groups in total. The van der Waals surface area contributed by atoms with Gasteiger partial charge in [-0.2, -0.15) is 0 Å². The van der Waals surface area contributed by atoms with Crippen LogP contribution in [0.1, 0.15) is 20.8 Å². The van der Waals surface area contributed by atoms with Gasteiger partial charge in [0.1, 0.15) is 12.1 Å². The number of carbonyl (C=O) groups excluding carboxylic acids is 2. The molecule has 0 aromatic heterocycles. The van der Waals surface area contributed by atoms with Crippen molar-refractivity contribution in [3.8, 4) is 0 Å². The quantitative estimate of drug-likeness (QED) is 0.224. The molecule has 0 saturated carbocycles. The standard InChI is InChI=1S/C11H26BNO4Si.C5H12BNO4/c1-11(2,3)18(6,7)17-8-9(10(14)16-5)13-12(4)15;1-6(10)7-4(3-8)5(9)11-2/h9,13,15H,8H2,1-7H3;4,7-8,10H,3H2,1-2H3/t9-;4-/m11/s1. The smallest absolute Gasteiger partial charge is 0.374 e. The second-order valence-corrected chi connectivity index (χ2v) is 12.9. The fourth-order valence-electron chi connectivity index (χ4n) is 1.75. The van der Waals surface area contributed by atoms with Crippen molar-refractivity contribution in [3.63, 3.8) is 0 Å². The van der Waals surface area contributed by atoms with E-state index < -0.39 is 53.0 Å². The predicted octanol–water partition coefficient (Wildman–Crippen LogP) is -0.530. The summed E-state index contributed by atoms with van der Waals surface area (Å²) in [5.41, 5.74) is 0. The summed E-state index contributed by atoms with van der Waals surface area (Å²) in [6.07, 6.45) is 0. The van der Waals surface area contributed by atoms with Crippen molar-refractivity contribution in [2.45, 2.75) is 64.6 Å². The fourth-order valence-corrected chi connectivity index (χ4v) is 2.77. The molecule has 0 spiro atoms. The Bertz CT molecular complexity index is 490. The van der Waals surface area contributed by atoms with Crippen molar-refractivity contribution < 1.29 is 38.6 Å². The summed E-state index contributed by atoms with van der Waals surface area (Å²) in [6, 6.07) is -1.48. The maximum atomic E-state index is 11.6. The summed E-state index contributed by atoms with van der Waals surface area (Å²) in [5.74, 6) is -1.01. The van der Waals surface area contributed by atoms with E-state index in [2.05, 4.69) is 53.8 Å². The molecular weight excluding hydrogens is 398 g/mol. The first-order valence-electron chi connectivity index (χ1n) is 9.41. The first-order chi connectivity index (χ1) is 13.1. The Labute approximate surface area is 176 Å². The first-order valence-corrected chi connectivity index (χ1v) is 12.3. The molecule has 0 unspecified atom stereocenters. The Hall–Kier alpha value is -0.953. The molecule has 2 atom stereocenters. The van der Waals surface area contributed by atoms with Crippen LogP contribution >= 0.6 is 0 Å². The summed E-state index contributed by atoms with van der Waals surface area (Å²) >= 11 is 0. The molecule has 0 heterocycles. The van der Waals surface area contributed by atoms with E-state index in [1.807, 2.05) is 0 Å². The number of aliphatic hydroxyl groups excluding tert-OH is 1. The number of hydrogen-bond acceptors (Lipinski definition) is 10. The highest BCUT2D eigenvalue weighted by atomic mass is 28.4. The number of nitrogens with one attached hydrogen (secondary N) is 2. The molecule has 0 fully saturated rings. The van der Waals surface area contributed by atoms with Gasteiger partial charge in [-0.1, -0.05) is 20.8 Å². The zero-order valence-corrected chi connectivity index (χ0v) is 20.1. The topological polar surface area (TPSA) is 147 Å². The van der Waals surface area contributed by atoms with E-state index in [0.717, 1.165) is 0 Å². The van der Waals surface area contributed by atoms with Gasteiger partial charge in [0.05, 0.1) is 27.4 Å². The molecule has 0 aliphatic heterocycles. The molecule has 29 heavy (non-hydrogen) atoms. The number of hydrogen-bond donors (Lipinski definition) is 5. The van der Waals surface area contributed by atoms with Gasteiger partial charge in [0.2, 0.25) is 0 Å². The highest BCUT2D eigenvalue weighted by Gasteiger charge is 2.38. The van der Waals surface area contributed by atoms with E-state index in [4.69, 9.17) is 14.6 Å². The Balaban J connectivity index is 0. The van der Waals surface area contributed by atoms with E-state index in [1.165, 1.54) is 21.0 Å². The molecule has 0 aliphatic carbocycles. The van der Waals surface area contributed by atoms with Crippen molar-refractivity contribution in [1.82, 2.24) is 10.5 Å². The third-order valence-corrected chi connectivity index (χ3v) is 8.96. The van der Waals surface area contributed by atoms with Crippen LogP contribution in [0.3, 0.4) is 0 Å². The third kappa shape index (κ3) is 13.1. The summed E-state index contributed by atoms with van der Waals surface area (Å²) < 4.78 is 15.0. The number of esters is 2. The molecule has 0 rings (SSSR count). The second kappa shape index (κ2) is 14.1. The normalized spacial score (nSPS) is 13.5. The van der Waals surface area contributed by atoms with Crippen LogP contribution in [-0.4, -0.2) is 89.0 Å². The molecule has 0 radical (unpaired) electrons. The van der Waals surface area contributed by atoms with Gasteiger partial charge in [-0.25, -0.2) is 0 Å². The fraction of sp³-hybridized carbons (Fsp3) is 0.875. The molecule has 13 heteroatoms. The van der Waals surface area contributed by atoms with Crippen LogP contribution in [0.25, 0.3) is 0 Å². The van der Waals surface area contributed by atoms with Gasteiger partial charge in [-0.15, -0.1) is 0 Å². The van der Waals surface area contributed by atoms with E-state index >= 15 is 0 Å². The van der Waals surface area contributed by atoms with E-state index in [9.17, 15) is 14.6 Å². The minimum Gasteiger partial charge on any atom is -0.468 e. The summed E-state index contributed by atoms with van der Waals surface area (Å²) in [6.45, 7) is 13.5. The molecule has 0 bridgehead atoms. The first kappa shape index (κ1) is 30.2. The lowest BCUT2D eigenvalue weighted by Crippen LogP contribution is -2.51. The molecule has 0 aromatic rings. The lowest BCUT2D eigenvalue weighted by molar-refractivity contribution is -0.144. The van der Waals surface area contributed by atoms with Crippen LogP contribution in [0.15, 0.2) is 0 Å². The number of methoxy groups -OCH3 is 2. The Morgan fingerprint density at radius 1 is 0.966 bits per heavy atom. The highest BCUT2D eigenvalue weighted by molar-refractivity contribution is 6.74. The molecule has 0 saturated heterocycles. The van der Waals surface area contributed by atoms with Gasteiger partial charge >= 0.3 is 26.0 Å². The Morgan fingerprint density at radius 2 is 1.34 bits per heavy atom. The number of aliphatic hydroxyl groups is 1. The van der Waals surface area contributed by atoms with Gasteiger partial charge in [-0.3, -0.25) is 9.59 Å². The van der Waals surface area contributed by atoms with Crippen LogP contribution in [0.5, 0.6) is 0 Å². The van der Waals surface area contributed by atoms with Crippen molar-refractivity contribution in [2.24, 2.45) is 0 Å². The van der Waals surface area contributed by atoms with Crippen LogP contribution < -0.4 is 10.5 Å². The summed E-state index contributed by atoms with van der Waals surface area (Å²) in [4.78, 5) is 22.3. The van der Waals surface area contributed by atoms with E-state index in [-0.39, 0.29) is 11.6 Å². The van der Waals surface area contributed by atoms with Gasteiger partial charge in [-0.05, 0) is 31.8 Å². The maximum Gasteiger partial charge on any atom is 0.374 e. The largest absolute Gasteiger partial charge is 0.468 e. The van der Waals surface area contributed by atoms with Crippen molar-refractivity contribution in [2.75, 3.05) is 27.4 Å². The molecule has 170 valence electrons. The van der Waals surface area contributed by atoms with Crippen molar-refractivity contribution >= 4 is 34.4 Å². The number of carbonyl (C=O) groups is 2. The maximum absolute atomic E-state index is 11.6. The SMILES string of the molecule is COC(=O)[C@@H](CO)NB(C)O.COC(=O)[C@@H](CO[Si](C)(C)C(C)(C)C)NB(C)O. The average Bonchev–Trinajstić information content (AvgIpc) is 2.60. The Kier molecular flexibility index (Phi) is 14.7. The molecule has 0 amide bonds. The van der Waals surface area contributed by atoms with E-state index in [0.29, 0.717) is 0 Å². The zero-order valence-electron chi connectivity index (χ0n) is 19.1. The number of rotatable bonds is 10. The highest BCUT2D eigenvalue weighted by Crippen LogP contribution is 2.36. The average molecular weight is 436 g/mol. The van der Waals surface area contributed by atoms with Crippen molar-refractivity contribution in [1.29, 1.82) is 0 Å². The predicted molar refractivity (Wildman–Crippen MR) is 116 cm³/mol. The zero-order chi connectivity index (χ0) is 23.4. The van der Waals surface area contributed by atoms with E-state index in [1.54, 1.807) is 6.82 Å². The van der Waals surface area contributed by atoms with Crippen LogP contribution in [0.2, 0.25) is 31.8 Å². The van der Waals surface area contributed by atoms with Gasteiger partial charge in [0.25, 0.3) is 0 Å². The van der Waals surface area contributed by atoms with Crippen LogP contribution in [0, 0.1) is 0 Å². The summed E-state index contributed by atoms with van der Waals surface area (Å²) in [7, 11) is -0.987. The van der Waals surface area contributed by atoms with Gasteiger partial charge in [0, 0.05) is 0 Å². The summed E-state index contributed by atoms with van der Waals surface area (Å²) in [5, 5.41) is 31.9. The van der Waals surface area contributed by atoms with Crippen LogP contribution in [-0.2, 0) is 23.5 Å². The molecule has 0 aromatic carbocycles.